The molecule has 0 amide bonds. The van der Waals surface area contributed by atoms with Crippen molar-refractivity contribution < 1.29 is 18.3 Å². The highest BCUT2D eigenvalue weighted by molar-refractivity contribution is 6.02. The van der Waals surface area contributed by atoms with Crippen molar-refractivity contribution in [3.8, 4) is 22.6 Å². The van der Waals surface area contributed by atoms with Crippen LogP contribution < -0.4 is 16.0 Å². The Morgan fingerprint density at radius 1 is 1.19 bits per heavy atom. The van der Waals surface area contributed by atoms with E-state index in [2.05, 4.69) is 21.7 Å². The third-order valence-corrected chi connectivity index (χ3v) is 6.47. The average Bonchev–Trinajstić information content (AvgIpc) is 3.31. The van der Waals surface area contributed by atoms with Gasteiger partial charge in [0.2, 0.25) is 0 Å². The van der Waals surface area contributed by atoms with Crippen LogP contribution in [0.15, 0.2) is 66.1 Å². The Morgan fingerprint density at radius 3 is 2.68 bits per heavy atom. The molecule has 0 unspecified atom stereocenters. The van der Waals surface area contributed by atoms with Crippen molar-refractivity contribution >= 4 is 16.7 Å². The van der Waals surface area contributed by atoms with Crippen molar-refractivity contribution in [3.63, 3.8) is 0 Å². The fraction of sp³-hybridized carbons (Fsp3) is 0.259. The standard InChI is InChI=1S/C27H27F2N5O3/c1-2-13-36-16-33-12-4-5-18(14-33)34-15-20(23-24(34)27(35)32-31-26(23)30)17-8-10-19(11-9-17)37-25-21(28)6-3-7-22(25)29/h2-3,6-11,15,18H,1,4-5,12-14,16H2,(H2,30,31)(H,32,35)/t18-/m1/s1. The molecule has 3 heterocycles. The first kappa shape index (κ1) is 24.7. The van der Waals surface area contributed by atoms with E-state index < -0.39 is 17.4 Å². The van der Waals surface area contributed by atoms with E-state index in [4.69, 9.17) is 15.2 Å². The Balaban J connectivity index is 1.49. The molecule has 5 rings (SSSR count). The smallest absolute Gasteiger partial charge is 0.288 e. The monoisotopic (exact) mass is 507 g/mol. The van der Waals surface area contributed by atoms with Crippen molar-refractivity contribution in [2.45, 2.75) is 18.9 Å². The minimum atomic E-state index is -0.790. The number of para-hydroxylation sites is 1. The van der Waals surface area contributed by atoms with E-state index in [9.17, 15) is 13.6 Å². The number of nitrogens with two attached hydrogens (primary N) is 1. The number of aromatic nitrogens is 3. The lowest BCUT2D eigenvalue weighted by Crippen LogP contribution is -2.38. The summed E-state index contributed by atoms with van der Waals surface area (Å²) in [5.74, 6) is -1.57. The molecule has 2 aromatic carbocycles. The Hall–Kier alpha value is -4.02. The number of nitrogens with zero attached hydrogens (tertiary/aromatic N) is 3. The van der Waals surface area contributed by atoms with E-state index in [0.717, 1.165) is 42.6 Å². The zero-order valence-corrected chi connectivity index (χ0v) is 20.1. The van der Waals surface area contributed by atoms with Crippen LogP contribution in [0.4, 0.5) is 14.6 Å². The first-order chi connectivity index (χ1) is 18.0. The summed E-state index contributed by atoms with van der Waals surface area (Å²) < 4.78 is 41.0. The van der Waals surface area contributed by atoms with Crippen LogP contribution in [0.2, 0.25) is 0 Å². The Morgan fingerprint density at radius 2 is 1.95 bits per heavy atom. The van der Waals surface area contributed by atoms with Gasteiger partial charge in [-0.05, 0) is 42.7 Å². The van der Waals surface area contributed by atoms with Gasteiger partial charge in [-0.2, -0.15) is 5.10 Å². The van der Waals surface area contributed by atoms with Crippen LogP contribution in [0.5, 0.6) is 11.5 Å². The van der Waals surface area contributed by atoms with E-state index >= 15 is 0 Å². The predicted molar refractivity (Wildman–Crippen MR) is 137 cm³/mol. The fourth-order valence-electron chi connectivity index (χ4n) is 4.78. The van der Waals surface area contributed by atoms with E-state index in [-0.39, 0.29) is 23.2 Å². The molecule has 1 saturated heterocycles. The number of halogens is 2. The van der Waals surface area contributed by atoms with Crippen molar-refractivity contribution in [1.29, 1.82) is 0 Å². The molecular weight excluding hydrogens is 480 g/mol. The molecule has 1 atom stereocenters. The van der Waals surface area contributed by atoms with Crippen molar-refractivity contribution in [2.24, 2.45) is 0 Å². The molecule has 2 aromatic heterocycles. The average molecular weight is 508 g/mol. The van der Waals surface area contributed by atoms with Crippen LogP contribution in [-0.4, -0.2) is 46.1 Å². The molecule has 1 aliphatic heterocycles. The van der Waals surface area contributed by atoms with Gasteiger partial charge in [-0.15, -0.1) is 6.58 Å². The molecule has 8 nitrogen and oxygen atoms in total. The molecule has 0 saturated carbocycles. The number of H-pyrrole nitrogens is 1. The van der Waals surface area contributed by atoms with Gasteiger partial charge in [0.05, 0.1) is 18.7 Å². The normalized spacial score (nSPS) is 16.2. The number of ether oxygens (including phenoxy) is 2. The summed E-state index contributed by atoms with van der Waals surface area (Å²) in [7, 11) is 0. The SMILES string of the molecule is C=CCOCN1CCC[C@@H](n2cc(-c3ccc(Oc4c(F)cccc4F)cc3)c3c(N)n[nH]c(=O)c32)C1. The molecule has 0 aliphatic carbocycles. The highest BCUT2D eigenvalue weighted by Gasteiger charge is 2.26. The quantitative estimate of drug-likeness (QED) is 0.262. The number of hydrogen-bond donors (Lipinski definition) is 2. The fourth-order valence-corrected chi connectivity index (χ4v) is 4.78. The van der Waals surface area contributed by atoms with Crippen molar-refractivity contribution in [3.05, 3.63) is 83.3 Å². The first-order valence-corrected chi connectivity index (χ1v) is 12.0. The van der Waals surface area contributed by atoms with Gasteiger partial charge in [0.25, 0.3) is 5.56 Å². The lowest BCUT2D eigenvalue weighted by Gasteiger charge is -2.33. The van der Waals surface area contributed by atoms with E-state index in [1.807, 2.05) is 10.8 Å². The number of rotatable bonds is 8. The van der Waals surface area contributed by atoms with E-state index in [1.165, 1.54) is 6.07 Å². The maximum absolute atomic E-state index is 14.0. The molecule has 0 bridgehead atoms. The largest absolute Gasteiger partial charge is 0.451 e. The van der Waals surface area contributed by atoms with Gasteiger partial charge >= 0.3 is 0 Å². The molecule has 10 heteroatoms. The highest BCUT2D eigenvalue weighted by atomic mass is 19.1. The van der Waals surface area contributed by atoms with Crippen LogP contribution in [-0.2, 0) is 4.74 Å². The van der Waals surface area contributed by atoms with Crippen LogP contribution in [0.3, 0.4) is 0 Å². The molecule has 37 heavy (non-hydrogen) atoms. The van der Waals surface area contributed by atoms with Crippen LogP contribution >= 0.6 is 0 Å². The molecule has 0 radical (unpaired) electrons. The minimum Gasteiger partial charge on any atom is -0.451 e. The maximum atomic E-state index is 14.0. The molecule has 1 fully saturated rings. The molecule has 0 spiro atoms. The Labute approximate surface area is 211 Å². The summed E-state index contributed by atoms with van der Waals surface area (Å²) in [6.07, 6.45) is 5.48. The van der Waals surface area contributed by atoms with Crippen LogP contribution in [0, 0.1) is 11.6 Å². The van der Waals surface area contributed by atoms with E-state index in [1.54, 1.807) is 30.3 Å². The number of hydrogen-bond acceptors (Lipinski definition) is 6. The van der Waals surface area contributed by atoms with Gasteiger partial charge in [-0.3, -0.25) is 9.69 Å². The summed E-state index contributed by atoms with van der Waals surface area (Å²) in [6.45, 7) is 6.26. The van der Waals surface area contributed by atoms with E-state index in [0.29, 0.717) is 30.8 Å². The summed E-state index contributed by atoms with van der Waals surface area (Å²) >= 11 is 0. The van der Waals surface area contributed by atoms with Gasteiger partial charge < -0.3 is 19.8 Å². The molecule has 4 aromatic rings. The summed E-state index contributed by atoms with van der Waals surface area (Å²) in [4.78, 5) is 15.1. The lowest BCUT2D eigenvalue weighted by atomic mass is 10.1. The third kappa shape index (κ3) is 4.98. The number of likely N-dealkylation sites (tertiary alicyclic amines) is 1. The van der Waals surface area contributed by atoms with Crippen LogP contribution in [0.25, 0.3) is 22.0 Å². The topological polar surface area (TPSA) is 98.4 Å². The van der Waals surface area contributed by atoms with Crippen molar-refractivity contribution in [2.75, 3.05) is 32.2 Å². The summed E-state index contributed by atoms with van der Waals surface area (Å²) in [5.41, 5.74) is 7.85. The zero-order chi connectivity index (χ0) is 25.9. The Kier molecular flexibility index (Phi) is 7.02. The number of piperidine rings is 1. The third-order valence-electron chi connectivity index (χ3n) is 6.47. The van der Waals surface area contributed by atoms with Gasteiger partial charge in [-0.25, -0.2) is 13.9 Å². The minimum absolute atomic E-state index is 0.0341. The maximum Gasteiger partial charge on any atom is 0.288 e. The second-order valence-electron chi connectivity index (χ2n) is 8.95. The number of fused-ring (bicyclic) bond motifs is 1. The molecule has 192 valence electrons. The lowest BCUT2D eigenvalue weighted by molar-refractivity contribution is 0.0210. The molecule has 3 N–H and O–H groups in total. The summed E-state index contributed by atoms with van der Waals surface area (Å²) in [6, 6.07) is 10.3. The number of nitrogens with one attached hydrogen (secondary N) is 1. The Bertz CT molecular complexity index is 1460. The number of benzene rings is 2. The molecule has 1 aliphatic rings. The van der Waals surface area contributed by atoms with Gasteiger partial charge in [0, 0.05) is 30.9 Å². The van der Waals surface area contributed by atoms with Crippen molar-refractivity contribution in [1.82, 2.24) is 19.7 Å². The summed E-state index contributed by atoms with van der Waals surface area (Å²) in [5, 5.41) is 7.04. The predicted octanol–water partition coefficient (Wildman–Crippen LogP) is 4.84. The second kappa shape index (κ2) is 10.5. The highest BCUT2D eigenvalue weighted by Crippen LogP contribution is 2.37. The molecular formula is C27H27F2N5O3. The van der Waals surface area contributed by atoms with Gasteiger partial charge in [0.15, 0.2) is 23.2 Å². The number of anilines is 1. The van der Waals surface area contributed by atoms with Crippen LogP contribution in [0.1, 0.15) is 18.9 Å². The van der Waals surface area contributed by atoms with Gasteiger partial charge in [-0.1, -0.05) is 24.3 Å². The zero-order valence-electron chi connectivity index (χ0n) is 20.1. The number of nitrogen functional groups attached to an aromatic ring is 1. The number of aromatic amines is 1. The first-order valence-electron chi connectivity index (χ1n) is 12.0. The second-order valence-corrected chi connectivity index (χ2v) is 8.95. The van der Waals surface area contributed by atoms with Gasteiger partial charge in [0.1, 0.15) is 11.3 Å².